The van der Waals surface area contributed by atoms with Gasteiger partial charge >= 0.3 is 0 Å². The summed E-state index contributed by atoms with van der Waals surface area (Å²) in [5.74, 6) is -0.113. The van der Waals surface area contributed by atoms with Crippen molar-refractivity contribution in [1.29, 1.82) is 0 Å². The zero-order valence-electron chi connectivity index (χ0n) is 18.3. The quantitative estimate of drug-likeness (QED) is 0.331. The first-order valence-corrected chi connectivity index (χ1v) is 11.0. The number of carbonyl (C=O) groups excluding carboxylic acids is 1. The molecule has 5 aromatic rings. The van der Waals surface area contributed by atoms with Crippen molar-refractivity contribution >= 4 is 5.91 Å². The number of hydrogen-bond acceptors (Lipinski definition) is 3. The molecule has 0 saturated heterocycles. The zero-order valence-corrected chi connectivity index (χ0v) is 18.3. The van der Waals surface area contributed by atoms with Gasteiger partial charge in [-0.3, -0.25) is 4.79 Å². The van der Waals surface area contributed by atoms with Crippen LogP contribution in [-0.2, 0) is 6.42 Å². The van der Waals surface area contributed by atoms with Crippen LogP contribution >= 0.6 is 0 Å². The summed E-state index contributed by atoms with van der Waals surface area (Å²) in [6.07, 6.45) is 2.18. The molecule has 5 nitrogen and oxygen atoms in total. The van der Waals surface area contributed by atoms with E-state index in [2.05, 4.69) is 10.4 Å². The summed E-state index contributed by atoms with van der Waals surface area (Å²) in [6, 6.07) is 30.7. The van der Waals surface area contributed by atoms with E-state index in [1.54, 1.807) is 36.6 Å². The van der Waals surface area contributed by atoms with E-state index in [0.717, 1.165) is 11.1 Å². The fourth-order valence-corrected chi connectivity index (χ4v) is 3.89. The van der Waals surface area contributed by atoms with Gasteiger partial charge in [0.05, 0.1) is 18.0 Å². The van der Waals surface area contributed by atoms with Crippen LogP contribution in [-0.4, -0.2) is 15.7 Å². The maximum atomic E-state index is 13.6. The van der Waals surface area contributed by atoms with Gasteiger partial charge < -0.3 is 9.73 Å². The lowest BCUT2D eigenvalue weighted by atomic mass is 9.98. The van der Waals surface area contributed by atoms with Gasteiger partial charge in [-0.1, -0.05) is 60.7 Å². The number of hydrogen-bond donors (Lipinski definition) is 1. The van der Waals surface area contributed by atoms with Crippen LogP contribution in [0.25, 0.3) is 17.1 Å². The van der Waals surface area contributed by atoms with E-state index >= 15 is 0 Å². The molecule has 0 aliphatic heterocycles. The van der Waals surface area contributed by atoms with Gasteiger partial charge in [-0.05, 0) is 53.9 Å². The molecule has 1 unspecified atom stereocenters. The SMILES string of the molecule is O=C(NC(Cc1ccccc1)c1ccccc1)c1cc(-c2ccco2)nn1-c1ccc(F)cc1. The highest BCUT2D eigenvalue weighted by molar-refractivity contribution is 5.94. The molecular weight excluding hydrogens is 429 g/mol. The minimum Gasteiger partial charge on any atom is -0.463 e. The van der Waals surface area contributed by atoms with E-state index < -0.39 is 0 Å². The average Bonchev–Trinajstić information content (AvgIpc) is 3.56. The minimum absolute atomic E-state index is 0.250. The summed E-state index contributed by atoms with van der Waals surface area (Å²) >= 11 is 0. The van der Waals surface area contributed by atoms with E-state index in [9.17, 15) is 9.18 Å². The second-order valence-corrected chi connectivity index (χ2v) is 7.91. The molecule has 2 aromatic heterocycles. The second kappa shape index (κ2) is 9.58. The molecular formula is C28H22FN3O2. The number of benzene rings is 3. The molecule has 1 atom stereocenters. The molecule has 1 amide bonds. The Morgan fingerprint density at radius 2 is 1.62 bits per heavy atom. The normalized spacial score (nSPS) is 11.8. The smallest absolute Gasteiger partial charge is 0.270 e. The Balaban J connectivity index is 1.51. The Kier molecular flexibility index (Phi) is 6.03. The molecule has 3 aromatic carbocycles. The number of rotatable bonds is 7. The monoisotopic (exact) mass is 451 g/mol. The topological polar surface area (TPSA) is 60.1 Å². The van der Waals surface area contributed by atoms with Gasteiger partial charge in [-0.2, -0.15) is 5.10 Å². The van der Waals surface area contributed by atoms with Gasteiger partial charge in [0, 0.05) is 6.07 Å². The number of nitrogens with one attached hydrogen (secondary N) is 1. The van der Waals surface area contributed by atoms with Crippen LogP contribution in [0.2, 0.25) is 0 Å². The van der Waals surface area contributed by atoms with Gasteiger partial charge in [-0.25, -0.2) is 9.07 Å². The second-order valence-electron chi connectivity index (χ2n) is 7.91. The van der Waals surface area contributed by atoms with Crippen molar-refractivity contribution in [1.82, 2.24) is 15.1 Å². The highest BCUT2D eigenvalue weighted by Gasteiger charge is 2.22. The lowest BCUT2D eigenvalue weighted by Gasteiger charge is -2.20. The summed E-state index contributed by atoms with van der Waals surface area (Å²) in [7, 11) is 0. The molecule has 0 radical (unpaired) electrons. The van der Waals surface area contributed by atoms with Crippen LogP contribution in [0.5, 0.6) is 0 Å². The fraction of sp³-hybridized carbons (Fsp3) is 0.0714. The van der Waals surface area contributed by atoms with Crippen molar-refractivity contribution in [3.05, 3.63) is 132 Å². The summed E-state index contributed by atoms with van der Waals surface area (Å²) in [5, 5.41) is 7.75. The Bertz CT molecular complexity index is 1360. The molecule has 0 bridgehead atoms. The standard InChI is InChI=1S/C28H22FN3O2/c29-22-13-15-23(16-14-22)32-26(19-25(31-32)27-12-7-17-34-27)28(33)30-24(21-10-5-2-6-11-21)18-20-8-3-1-4-9-20/h1-17,19,24H,18H2,(H,30,33). The van der Waals surface area contributed by atoms with Crippen LogP contribution < -0.4 is 5.32 Å². The van der Waals surface area contributed by atoms with Crippen molar-refractivity contribution in [3.8, 4) is 17.1 Å². The van der Waals surface area contributed by atoms with Crippen LogP contribution in [0.1, 0.15) is 27.7 Å². The molecule has 0 spiro atoms. The highest BCUT2D eigenvalue weighted by atomic mass is 19.1. The summed E-state index contributed by atoms with van der Waals surface area (Å²) < 4.78 is 20.5. The Morgan fingerprint density at radius 3 is 2.29 bits per heavy atom. The molecule has 6 heteroatoms. The van der Waals surface area contributed by atoms with Crippen molar-refractivity contribution in [2.45, 2.75) is 12.5 Å². The van der Waals surface area contributed by atoms with Crippen LogP contribution in [0.3, 0.4) is 0 Å². The Labute approximate surface area is 196 Å². The number of aromatic nitrogens is 2. The number of nitrogens with zero attached hydrogens (tertiary/aromatic N) is 2. The van der Waals surface area contributed by atoms with Crippen molar-refractivity contribution in [2.24, 2.45) is 0 Å². The van der Waals surface area contributed by atoms with Crippen molar-refractivity contribution in [2.75, 3.05) is 0 Å². The fourth-order valence-electron chi connectivity index (χ4n) is 3.89. The predicted octanol–water partition coefficient (Wildman–Crippen LogP) is 5.99. The Hall–Kier alpha value is -4.45. The number of amides is 1. The zero-order chi connectivity index (χ0) is 23.3. The molecule has 168 valence electrons. The molecule has 0 fully saturated rings. The van der Waals surface area contributed by atoms with Crippen molar-refractivity contribution < 1.29 is 13.6 Å². The van der Waals surface area contributed by atoms with Crippen LogP contribution in [0.15, 0.2) is 114 Å². The van der Waals surface area contributed by atoms with Gasteiger partial charge in [0.25, 0.3) is 5.91 Å². The number of furan rings is 1. The molecule has 2 heterocycles. The molecule has 1 N–H and O–H groups in total. The first-order chi connectivity index (χ1) is 16.7. The third kappa shape index (κ3) is 4.66. The van der Waals surface area contributed by atoms with E-state index in [4.69, 9.17) is 4.42 Å². The lowest BCUT2D eigenvalue weighted by Crippen LogP contribution is -2.31. The van der Waals surface area contributed by atoms with Gasteiger partial charge in [0.15, 0.2) is 5.76 Å². The minimum atomic E-state index is -0.361. The number of halogens is 1. The largest absolute Gasteiger partial charge is 0.463 e. The third-order valence-corrected chi connectivity index (χ3v) is 5.58. The van der Waals surface area contributed by atoms with Crippen LogP contribution in [0, 0.1) is 5.82 Å². The Morgan fingerprint density at radius 1 is 0.912 bits per heavy atom. The molecule has 0 aliphatic rings. The van der Waals surface area contributed by atoms with E-state index in [0.29, 0.717) is 29.3 Å². The van der Waals surface area contributed by atoms with Crippen LogP contribution in [0.4, 0.5) is 4.39 Å². The molecule has 0 aliphatic carbocycles. The van der Waals surface area contributed by atoms with E-state index in [1.165, 1.54) is 16.8 Å². The molecule has 5 rings (SSSR count). The van der Waals surface area contributed by atoms with E-state index in [1.807, 2.05) is 60.7 Å². The van der Waals surface area contributed by atoms with Gasteiger partial charge in [0.2, 0.25) is 0 Å². The highest BCUT2D eigenvalue weighted by Crippen LogP contribution is 2.24. The maximum Gasteiger partial charge on any atom is 0.270 e. The first-order valence-electron chi connectivity index (χ1n) is 11.0. The van der Waals surface area contributed by atoms with Crippen molar-refractivity contribution in [3.63, 3.8) is 0 Å². The molecule has 34 heavy (non-hydrogen) atoms. The average molecular weight is 452 g/mol. The van der Waals surface area contributed by atoms with Gasteiger partial charge in [0.1, 0.15) is 17.2 Å². The van der Waals surface area contributed by atoms with Gasteiger partial charge in [-0.15, -0.1) is 0 Å². The first kappa shape index (κ1) is 21.4. The number of carbonyl (C=O) groups is 1. The summed E-state index contributed by atoms with van der Waals surface area (Å²) in [6.45, 7) is 0. The summed E-state index contributed by atoms with van der Waals surface area (Å²) in [4.78, 5) is 13.6. The summed E-state index contributed by atoms with van der Waals surface area (Å²) in [5.41, 5.74) is 3.52. The maximum absolute atomic E-state index is 13.6. The molecule has 0 saturated carbocycles. The van der Waals surface area contributed by atoms with E-state index in [-0.39, 0.29) is 17.8 Å². The third-order valence-electron chi connectivity index (χ3n) is 5.58. The lowest BCUT2D eigenvalue weighted by molar-refractivity contribution is 0.0928. The predicted molar refractivity (Wildman–Crippen MR) is 128 cm³/mol.